The summed E-state index contributed by atoms with van der Waals surface area (Å²) in [6.07, 6.45) is 3.04. The van der Waals surface area contributed by atoms with Crippen molar-refractivity contribution in [1.29, 1.82) is 0 Å². The molecule has 1 heterocycles. The Morgan fingerprint density at radius 2 is 1.90 bits per heavy atom. The molecule has 1 N–H and O–H groups in total. The highest BCUT2D eigenvalue weighted by molar-refractivity contribution is 7.89. The Bertz CT molecular complexity index is 1010. The standard InChI is InChI=1S/C21H24N2O5S/c1-16-7-9-18(29(25,26)23-11-13-28-14-12-23)15-19(16)22-21(24)10-8-17-5-3-4-6-20(17)27-2/h3-10,15H,11-14H2,1-2H3,(H,22,24)/b10-8+. The molecule has 0 aromatic heterocycles. The van der Waals surface area contributed by atoms with Gasteiger partial charge in [-0.05, 0) is 36.8 Å². The van der Waals surface area contributed by atoms with Crippen molar-refractivity contribution in [3.63, 3.8) is 0 Å². The van der Waals surface area contributed by atoms with E-state index < -0.39 is 10.0 Å². The van der Waals surface area contributed by atoms with Crippen LogP contribution in [0, 0.1) is 6.92 Å². The first-order chi connectivity index (χ1) is 13.9. The molecule has 0 atom stereocenters. The predicted octanol–water partition coefficient (Wildman–Crippen LogP) is 2.68. The van der Waals surface area contributed by atoms with Gasteiger partial charge < -0.3 is 14.8 Å². The molecule has 0 aliphatic carbocycles. The molecule has 1 saturated heterocycles. The van der Waals surface area contributed by atoms with Gasteiger partial charge in [0.1, 0.15) is 5.75 Å². The second kappa shape index (κ2) is 9.21. The van der Waals surface area contributed by atoms with E-state index in [1.165, 1.54) is 16.4 Å². The molecular weight excluding hydrogens is 392 g/mol. The highest BCUT2D eigenvalue weighted by atomic mass is 32.2. The number of carbonyl (C=O) groups excluding carboxylic acids is 1. The monoisotopic (exact) mass is 416 g/mol. The summed E-state index contributed by atoms with van der Waals surface area (Å²) in [4.78, 5) is 12.5. The van der Waals surface area contributed by atoms with E-state index in [9.17, 15) is 13.2 Å². The maximum atomic E-state index is 12.8. The van der Waals surface area contributed by atoms with Crippen LogP contribution < -0.4 is 10.1 Å². The van der Waals surface area contributed by atoms with Gasteiger partial charge in [-0.1, -0.05) is 24.3 Å². The van der Waals surface area contributed by atoms with Crippen molar-refractivity contribution in [2.75, 3.05) is 38.7 Å². The first-order valence-electron chi connectivity index (χ1n) is 9.22. The van der Waals surface area contributed by atoms with E-state index in [-0.39, 0.29) is 10.8 Å². The van der Waals surface area contributed by atoms with E-state index >= 15 is 0 Å². The van der Waals surface area contributed by atoms with Crippen molar-refractivity contribution < 1.29 is 22.7 Å². The van der Waals surface area contributed by atoms with Gasteiger partial charge in [-0.2, -0.15) is 4.31 Å². The number of hydrogen-bond donors (Lipinski definition) is 1. The van der Waals surface area contributed by atoms with Crippen molar-refractivity contribution in [2.45, 2.75) is 11.8 Å². The Morgan fingerprint density at radius 3 is 2.62 bits per heavy atom. The van der Waals surface area contributed by atoms with Crippen LogP contribution >= 0.6 is 0 Å². The second-order valence-corrected chi connectivity index (χ2v) is 8.50. The summed E-state index contributed by atoms with van der Waals surface area (Å²) < 4.78 is 37.6. The van der Waals surface area contributed by atoms with Crippen LogP contribution in [-0.4, -0.2) is 52.0 Å². The van der Waals surface area contributed by atoms with Gasteiger partial charge in [0.15, 0.2) is 0 Å². The number of sulfonamides is 1. The first kappa shape index (κ1) is 21.0. The third-order valence-electron chi connectivity index (χ3n) is 4.63. The van der Waals surface area contributed by atoms with E-state index in [0.717, 1.165) is 11.1 Å². The van der Waals surface area contributed by atoms with Gasteiger partial charge >= 0.3 is 0 Å². The molecule has 1 aliphatic rings. The molecule has 0 unspecified atom stereocenters. The van der Waals surface area contributed by atoms with Crippen molar-refractivity contribution >= 4 is 27.7 Å². The zero-order chi connectivity index (χ0) is 20.9. The summed E-state index contributed by atoms with van der Waals surface area (Å²) in [7, 11) is -2.07. The zero-order valence-electron chi connectivity index (χ0n) is 16.4. The van der Waals surface area contributed by atoms with Gasteiger partial charge in [0.25, 0.3) is 0 Å². The number of methoxy groups -OCH3 is 1. The van der Waals surface area contributed by atoms with Gasteiger partial charge in [0, 0.05) is 30.4 Å². The summed E-state index contributed by atoms with van der Waals surface area (Å²) in [5, 5.41) is 2.76. The fourth-order valence-electron chi connectivity index (χ4n) is 2.98. The van der Waals surface area contributed by atoms with Crippen LogP contribution in [0.15, 0.2) is 53.4 Å². The highest BCUT2D eigenvalue weighted by Gasteiger charge is 2.26. The van der Waals surface area contributed by atoms with Crippen LogP contribution in [0.5, 0.6) is 5.75 Å². The van der Waals surface area contributed by atoms with Crippen LogP contribution in [0.2, 0.25) is 0 Å². The number of para-hydroxylation sites is 1. The summed E-state index contributed by atoms with van der Waals surface area (Å²) in [5.74, 6) is 0.297. The fourth-order valence-corrected chi connectivity index (χ4v) is 4.41. The smallest absolute Gasteiger partial charge is 0.248 e. The number of carbonyl (C=O) groups is 1. The van der Waals surface area contributed by atoms with Crippen molar-refractivity contribution in [3.8, 4) is 5.75 Å². The maximum absolute atomic E-state index is 12.8. The van der Waals surface area contributed by atoms with Crippen LogP contribution in [0.4, 0.5) is 5.69 Å². The quantitative estimate of drug-likeness (QED) is 0.732. The second-order valence-electron chi connectivity index (χ2n) is 6.56. The van der Waals surface area contributed by atoms with Crippen LogP contribution in [0.1, 0.15) is 11.1 Å². The minimum Gasteiger partial charge on any atom is -0.496 e. The lowest BCUT2D eigenvalue weighted by Crippen LogP contribution is -2.40. The Kier molecular flexibility index (Phi) is 6.68. The van der Waals surface area contributed by atoms with Gasteiger partial charge in [-0.3, -0.25) is 4.79 Å². The molecule has 29 heavy (non-hydrogen) atoms. The predicted molar refractivity (Wildman–Crippen MR) is 111 cm³/mol. The maximum Gasteiger partial charge on any atom is 0.248 e. The molecule has 2 aromatic rings. The molecule has 0 bridgehead atoms. The van der Waals surface area contributed by atoms with Gasteiger partial charge in [-0.15, -0.1) is 0 Å². The molecule has 0 spiro atoms. The largest absolute Gasteiger partial charge is 0.496 e. The molecule has 3 rings (SSSR count). The summed E-state index contributed by atoms with van der Waals surface area (Å²) in [6, 6.07) is 12.1. The number of nitrogens with one attached hydrogen (secondary N) is 1. The van der Waals surface area contributed by atoms with Crippen LogP contribution in [0.25, 0.3) is 6.08 Å². The molecule has 0 saturated carbocycles. The summed E-state index contributed by atoms with van der Waals surface area (Å²) in [5.41, 5.74) is 1.99. The lowest BCUT2D eigenvalue weighted by Gasteiger charge is -2.26. The minimum absolute atomic E-state index is 0.147. The number of benzene rings is 2. The topological polar surface area (TPSA) is 84.9 Å². The highest BCUT2D eigenvalue weighted by Crippen LogP contribution is 2.24. The average molecular weight is 416 g/mol. The van der Waals surface area contributed by atoms with Crippen LogP contribution in [0.3, 0.4) is 0 Å². The third kappa shape index (κ3) is 5.03. The molecule has 1 aliphatic heterocycles. The summed E-state index contributed by atoms with van der Waals surface area (Å²) in [6.45, 7) is 3.20. The SMILES string of the molecule is COc1ccccc1/C=C/C(=O)Nc1cc(S(=O)(=O)N2CCOCC2)ccc1C. The van der Waals surface area contributed by atoms with Crippen molar-refractivity contribution in [2.24, 2.45) is 0 Å². The molecule has 1 fully saturated rings. The number of ether oxygens (including phenoxy) is 2. The Labute approximate surface area is 171 Å². The fraction of sp³-hybridized carbons (Fsp3) is 0.286. The molecule has 0 radical (unpaired) electrons. The van der Waals surface area contributed by atoms with Gasteiger partial charge in [0.2, 0.25) is 15.9 Å². The normalized spacial score (nSPS) is 15.4. The molecular formula is C21H24N2O5S. The molecule has 1 amide bonds. The summed E-state index contributed by atoms with van der Waals surface area (Å²) >= 11 is 0. The minimum atomic E-state index is -3.63. The van der Waals surface area contributed by atoms with E-state index in [1.807, 2.05) is 31.2 Å². The third-order valence-corrected chi connectivity index (χ3v) is 6.52. The molecule has 7 nitrogen and oxygen atoms in total. The number of hydrogen-bond acceptors (Lipinski definition) is 5. The van der Waals surface area contributed by atoms with E-state index in [1.54, 1.807) is 25.3 Å². The number of morpholine rings is 1. The average Bonchev–Trinajstić information content (AvgIpc) is 2.74. The first-order valence-corrected chi connectivity index (χ1v) is 10.7. The van der Waals surface area contributed by atoms with E-state index in [4.69, 9.17) is 9.47 Å². The molecule has 8 heteroatoms. The lowest BCUT2D eigenvalue weighted by molar-refractivity contribution is -0.111. The number of nitrogens with zero attached hydrogens (tertiary/aromatic N) is 1. The number of rotatable bonds is 6. The van der Waals surface area contributed by atoms with E-state index in [2.05, 4.69) is 5.32 Å². The van der Waals surface area contributed by atoms with Crippen molar-refractivity contribution in [3.05, 3.63) is 59.7 Å². The van der Waals surface area contributed by atoms with E-state index in [0.29, 0.717) is 37.7 Å². The zero-order valence-corrected chi connectivity index (χ0v) is 17.2. The Hall–Kier alpha value is -2.68. The van der Waals surface area contributed by atoms with Crippen molar-refractivity contribution in [1.82, 2.24) is 4.31 Å². The molecule has 154 valence electrons. The lowest BCUT2D eigenvalue weighted by atomic mass is 10.1. The number of aryl methyl sites for hydroxylation is 1. The van der Waals surface area contributed by atoms with Crippen LogP contribution in [-0.2, 0) is 19.6 Å². The Balaban J connectivity index is 1.78. The number of anilines is 1. The molecule has 2 aromatic carbocycles. The number of amides is 1. The van der Waals surface area contributed by atoms with Gasteiger partial charge in [-0.25, -0.2) is 8.42 Å². The Morgan fingerprint density at radius 1 is 1.17 bits per heavy atom. The van der Waals surface area contributed by atoms with Gasteiger partial charge in [0.05, 0.1) is 25.2 Å².